The minimum absolute atomic E-state index is 0.0738. The highest BCUT2D eigenvalue weighted by Gasteiger charge is 2.35. The van der Waals surface area contributed by atoms with Crippen molar-refractivity contribution in [2.75, 3.05) is 11.4 Å². The van der Waals surface area contributed by atoms with Gasteiger partial charge in [0.2, 0.25) is 5.91 Å². The van der Waals surface area contributed by atoms with Gasteiger partial charge in [0.25, 0.3) is 0 Å². The molecule has 0 N–H and O–H groups in total. The molecule has 3 aromatic carbocycles. The van der Waals surface area contributed by atoms with Crippen molar-refractivity contribution in [2.24, 2.45) is 0 Å². The molecular weight excluding hydrogens is 382 g/mol. The molecule has 5 rings (SSSR count). The fourth-order valence-electron chi connectivity index (χ4n) is 4.77. The van der Waals surface area contributed by atoms with E-state index in [1.165, 1.54) is 22.3 Å². The maximum absolute atomic E-state index is 13.0. The molecule has 1 saturated heterocycles. The smallest absolute Gasteiger partial charge is 0.227 e. The third-order valence-electron chi connectivity index (χ3n) is 6.28. The van der Waals surface area contributed by atoms with E-state index in [4.69, 9.17) is 4.98 Å². The van der Waals surface area contributed by atoms with Gasteiger partial charge in [0.05, 0.1) is 11.0 Å². The van der Waals surface area contributed by atoms with E-state index < -0.39 is 0 Å². The van der Waals surface area contributed by atoms with Crippen LogP contribution >= 0.6 is 0 Å². The number of rotatable bonds is 4. The number of carbonyl (C=O) groups excluding carboxylic acids is 1. The second kappa shape index (κ2) is 7.69. The first kappa shape index (κ1) is 19.6. The summed E-state index contributed by atoms with van der Waals surface area (Å²) in [6, 6.07) is 23.1. The average molecular weight is 410 g/mol. The number of aryl methyl sites for hydroxylation is 3. The Hall–Kier alpha value is -3.40. The van der Waals surface area contributed by atoms with Gasteiger partial charge in [-0.3, -0.25) is 4.79 Å². The Kier molecular flexibility index (Phi) is 4.85. The van der Waals surface area contributed by atoms with E-state index >= 15 is 0 Å². The van der Waals surface area contributed by atoms with Gasteiger partial charge in [-0.25, -0.2) is 4.98 Å². The van der Waals surface area contributed by atoms with Crippen LogP contribution in [0.15, 0.2) is 66.7 Å². The number of hydrogen-bond acceptors (Lipinski definition) is 2. The van der Waals surface area contributed by atoms with Crippen molar-refractivity contribution in [2.45, 2.75) is 39.7 Å². The highest BCUT2D eigenvalue weighted by atomic mass is 16.2. The fraction of sp³-hybridized carbons (Fsp3) is 0.259. The van der Waals surface area contributed by atoms with Crippen LogP contribution in [0.1, 0.15) is 40.4 Å². The van der Waals surface area contributed by atoms with Gasteiger partial charge in [0.1, 0.15) is 5.82 Å². The van der Waals surface area contributed by atoms with Gasteiger partial charge in [-0.15, -0.1) is 0 Å². The fourth-order valence-corrected chi connectivity index (χ4v) is 4.77. The average Bonchev–Trinajstić information content (AvgIpc) is 3.30. The Balaban J connectivity index is 1.54. The predicted molar refractivity (Wildman–Crippen MR) is 126 cm³/mol. The molecule has 0 unspecified atom stereocenters. The zero-order chi connectivity index (χ0) is 21.5. The van der Waals surface area contributed by atoms with E-state index in [9.17, 15) is 4.79 Å². The molecule has 31 heavy (non-hydrogen) atoms. The number of amides is 1. The van der Waals surface area contributed by atoms with Crippen LogP contribution in [0.25, 0.3) is 11.0 Å². The predicted octanol–water partition coefficient (Wildman–Crippen LogP) is 5.53. The van der Waals surface area contributed by atoms with Gasteiger partial charge in [0, 0.05) is 31.1 Å². The number of anilines is 1. The van der Waals surface area contributed by atoms with Crippen LogP contribution in [-0.4, -0.2) is 22.0 Å². The molecule has 4 aromatic rings. The minimum atomic E-state index is 0.0738. The summed E-state index contributed by atoms with van der Waals surface area (Å²) in [6.45, 7) is 7.73. The molecular formula is C27H27N3O. The van der Waals surface area contributed by atoms with Crippen LogP contribution in [0.2, 0.25) is 0 Å². The summed E-state index contributed by atoms with van der Waals surface area (Å²) in [6.07, 6.45) is 0.490. The number of fused-ring (bicyclic) bond motifs is 1. The largest absolute Gasteiger partial charge is 0.323 e. The molecule has 0 bridgehead atoms. The highest BCUT2D eigenvalue weighted by molar-refractivity contribution is 5.96. The zero-order valence-corrected chi connectivity index (χ0v) is 18.3. The standard InChI is InChI=1S/C27H27N3O/c1-18-12-19(2)14-23(13-18)29-17-22(15-26(29)31)27-28-24-10-6-7-11-25(24)30(27)16-21-9-5-4-8-20(21)3/h4-14,22H,15-17H2,1-3H3/t22-/m0/s1. The summed E-state index contributed by atoms with van der Waals surface area (Å²) < 4.78 is 2.31. The summed E-state index contributed by atoms with van der Waals surface area (Å²) in [5.74, 6) is 1.25. The number of benzene rings is 3. The molecule has 4 nitrogen and oxygen atoms in total. The Morgan fingerprint density at radius 3 is 2.42 bits per heavy atom. The molecule has 1 aromatic heterocycles. The molecule has 1 aliphatic heterocycles. The van der Waals surface area contributed by atoms with Crippen LogP contribution in [0.3, 0.4) is 0 Å². The Morgan fingerprint density at radius 1 is 0.935 bits per heavy atom. The molecule has 0 aliphatic carbocycles. The summed E-state index contributed by atoms with van der Waals surface area (Å²) in [7, 11) is 0. The van der Waals surface area contributed by atoms with Gasteiger partial charge in [0.15, 0.2) is 0 Å². The van der Waals surface area contributed by atoms with Gasteiger partial charge in [-0.1, -0.05) is 42.5 Å². The van der Waals surface area contributed by atoms with E-state index in [2.05, 4.69) is 86.0 Å². The number of imidazole rings is 1. The molecule has 156 valence electrons. The number of aromatic nitrogens is 2. The molecule has 1 aliphatic rings. The number of para-hydroxylation sites is 2. The zero-order valence-electron chi connectivity index (χ0n) is 18.3. The van der Waals surface area contributed by atoms with E-state index in [1.807, 2.05) is 11.0 Å². The van der Waals surface area contributed by atoms with Crippen molar-refractivity contribution in [1.82, 2.24) is 9.55 Å². The molecule has 0 saturated carbocycles. The van der Waals surface area contributed by atoms with Crippen LogP contribution in [-0.2, 0) is 11.3 Å². The van der Waals surface area contributed by atoms with E-state index in [0.29, 0.717) is 13.0 Å². The molecule has 2 heterocycles. The lowest BCUT2D eigenvalue weighted by Gasteiger charge is -2.19. The van der Waals surface area contributed by atoms with Gasteiger partial charge < -0.3 is 9.47 Å². The second-order valence-electron chi connectivity index (χ2n) is 8.72. The lowest BCUT2D eigenvalue weighted by atomic mass is 10.1. The number of hydrogen-bond donors (Lipinski definition) is 0. The maximum Gasteiger partial charge on any atom is 0.227 e. The SMILES string of the molecule is Cc1cc(C)cc(N2C[C@@H](c3nc4ccccc4n3Cc3ccccc3C)CC2=O)c1. The summed E-state index contributed by atoms with van der Waals surface area (Å²) in [5.41, 5.74) is 8.01. The van der Waals surface area contributed by atoms with Crippen molar-refractivity contribution in [1.29, 1.82) is 0 Å². The van der Waals surface area contributed by atoms with Crippen LogP contribution in [0.4, 0.5) is 5.69 Å². The van der Waals surface area contributed by atoms with Crippen LogP contribution < -0.4 is 4.90 Å². The van der Waals surface area contributed by atoms with Crippen LogP contribution in [0.5, 0.6) is 0 Å². The first-order valence-corrected chi connectivity index (χ1v) is 10.9. The lowest BCUT2D eigenvalue weighted by molar-refractivity contribution is -0.117. The summed E-state index contributed by atoms with van der Waals surface area (Å²) in [5, 5.41) is 0. The van der Waals surface area contributed by atoms with Crippen molar-refractivity contribution in [3.63, 3.8) is 0 Å². The third kappa shape index (κ3) is 3.63. The van der Waals surface area contributed by atoms with E-state index in [1.54, 1.807) is 0 Å². The van der Waals surface area contributed by atoms with E-state index in [-0.39, 0.29) is 11.8 Å². The van der Waals surface area contributed by atoms with Crippen LogP contribution in [0, 0.1) is 20.8 Å². The normalized spacial score (nSPS) is 16.4. The number of carbonyl (C=O) groups is 1. The molecule has 0 spiro atoms. The first-order chi connectivity index (χ1) is 15.0. The third-order valence-corrected chi connectivity index (χ3v) is 6.28. The topological polar surface area (TPSA) is 38.1 Å². The molecule has 0 radical (unpaired) electrons. The first-order valence-electron chi connectivity index (χ1n) is 10.9. The molecule has 4 heteroatoms. The van der Waals surface area contributed by atoms with Crippen molar-refractivity contribution < 1.29 is 4.79 Å². The lowest BCUT2D eigenvalue weighted by Crippen LogP contribution is -2.24. The van der Waals surface area contributed by atoms with Gasteiger partial charge >= 0.3 is 0 Å². The van der Waals surface area contributed by atoms with Gasteiger partial charge in [-0.2, -0.15) is 0 Å². The van der Waals surface area contributed by atoms with Crippen molar-refractivity contribution >= 4 is 22.6 Å². The Bertz CT molecular complexity index is 1270. The summed E-state index contributed by atoms with van der Waals surface area (Å²) >= 11 is 0. The molecule has 1 amide bonds. The monoisotopic (exact) mass is 409 g/mol. The molecule has 1 fully saturated rings. The quantitative estimate of drug-likeness (QED) is 0.444. The minimum Gasteiger partial charge on any atom is -0.323 e. The molecule has 1 atom stereocenters. The number of nitrogens with zero attached hydrogens (tertiary/aromatic N) is 3. The Morgan fingerprint density at radius 2 is 1.65 bits per heavy atom. The van der Waals surface area contributed by atoms with Crippen molar-refractivity contribution in [3.8, 4) is 0 Å². The van der Waals surface area contributed by atoms with E-state index in [0.717, 1.165) is 29.1 Å². The van der Waals surface area contributed by atoms with Crippen molar-refractivity contribution in [3.05, 3.63) is 94.8 Å². The maximum atomic E-state index is 13.0. The van der Waals surface area contributed by atoms with Gasteiger partial charge in [-0.05, 0) is 67.3 Å². The summed E-state index contributed by atoms with van der Waals surface area (Å²) in [4.78, 5) is 19.9. The highest BCUT2D eigenvalue weighted by Crippen LogP contribution is 2.34. The Labute approximate surface area is 183 Å². The second-order valence-corrected chi connectivity index (χ2v) is 8.72.